The number of nitrogens with zero attached hydrogens (tertiary/aromatic N) is 4. The normalized spacial score (nSPS) is 11.0. The fourth-order valence-corrected chi connectivity index (χ4v) is 3.61. The molecular weight excluding hydrogens is 418 g/mol. The highest BCUT2D eigenvalue weighted by atomic mass is 79.9. The summed E-state index contributed by atoms with van der Waals surface area (Å²) in [6, 6.07) is 5.62. The van der Waals surface area contributed by atoms with Gasteiger partial charge in [0.25, 0.3) is 5.91 Å². The van der Waals surface area contributed by atoms with Crippen LogP contribution in [0.3, 0.4) is 0 Å². The Morgan fingerprint density at radius 1 is 1.35 bits per heavy atom. The first-order valence-corrected chi connectivity index (χ1v) is 9.44. The zero-order valence-electron chi connectivity index (χ0n) is 13.7. The molecule has 0 aliphatic heterocycles. The quantitative estimate of drug-likeness (QED) is 0.443. The topological polar surface area (TPSA) is 101 Å². The number of carbonyl (C=O) groups is 1. The molecule has 0 unspecified atom stereocenters. The zero-order chi connectivity index (χ0) is 18.1. The number of amides is 1. The van der Waals surface area contributed by atoms with Crippen LogP contribution >= 0.6 is 27.3 Å². The highest BCUT2D eigenvalue weighted by Gasteiger charge is 2.15. The van der Waals surface area contributed by atoms with Crippen LogP contribution in [0.2, 0.25) is 0 Å². The van der Waals surface area contributed by atoms with Crippen LogP contribution in [0.1, 0.15) is 16.6 Å². The van der Waals surface area contributed by atoms with Crippen molar-refractivity contribution in [1.82, 2.24) is 25.0 Å². The van der Waals surface area contributed by atoms with Crippen LogP contribution in [-0.2, 0) is 6.54 Å². The van der Waals surface area contributed by atoms with Crippen molar-refractivity contribution in [2.24, 2.45) is 0 Å². The number of carbonyl (C=O) groups excluding carboxylic acids is 1. The molecule has 0 bridgehead atoms. The Morgan fingerprint density at radius 3 is 3.04 bits per heavy atom. The number of aromatic amines is 1. The van der Waals surface area contributed by atoms with E-state index in [2.05, 4.69) is 46.8 Å². The molecule has 0 fully saturated rings. The van der Waals surface area contributed by atoms with Crippen LogP contribution in [0.25, 0.3) is 10.9 Å². The maximum absolute atomic E-state index is 12.6. The van der Waals surface area contributed by atoms with Crippen LogP contribution in [0, 0.1) is 0 Å². The number of rotatable bonds is 5. The third-order valence-electron chi connectivity index (χ3n) is 3.74. The lowest BCUT2D eigenvalue weighted by atomic mass is 10.2. The summed E-state index contributed by atoms with van der Waals surface area (Å²) in [7, 11) is 0. The summed E-state index contributed by atoms with van der Waals surface area (Å²) in [5.74, 6) is 0.461. The van der Waals surface area contributed by atoms with E-state index in [1.54, 1.807) is 12.4 Å². The first-order chi connectivity index (χ1) is 12.6. The molecule has 10 heteroatoms. The van der Waals surface area contributed by atoms with E-state index in [4.69, 9.17) is 0 Å². The van der Waals surface area contributed by atoms with E-state index >= 15 is 0 Å². The van der Waals surface area contributed by atoms with Crippen molar-refractivity contribution in [3.05, 3.63) is 46.1 Å². The lowest BCUT2D eigenvalue weighted by molar-refractivity contribution is 0.103. The molecule has 0 saturated heterocycles. The van der Waals surface area contributed by atoms with Gasteiger partial charge >= 0.3 is 0 Å². The summed E-state index contributed by atoms with van der Waals surface area (Å²) in [4.78, 5) is 17.4. The van der Waals surface area contributed by atoms with Crippen LogP contribution in [0.4, 0.5) is 16.6 Å². The van der Waals surface area contributed by atoms with Crippen molar-refractivity contribution < 1.29 is 4.79 Å². The van der Waals surface area contributed by atoms with Crippen molar-refractivity contribution >= 4 is 60.7 Å². The third kappa shape index (κ3) is 3.20. The maximum atomic E-state index is 12.6. The number of hydrogen-bond acceptors (Lipinski definition) is 6. The molecule has 4 aromatic rings. The van der Waals surface area contributed by atoms with Crippen LogP contribution in [-0.4, -0.2) is 30.9 Å². The van der Waals surface area contributed by atoms with Gasteiger partial charge in [0.1, 0.15) is 4.88 Å². The molecule has 0 aliphatic carbocycles. The molecule has 132 valence electrons. The molecule has 1 aromatic carbocycles. The van der Waals surface area contributed by atoms with Crippen molar-refractivity contribution in [1.29, 1.82) is 0 Å². The summed E-state index contributed by atoms with van der Waals surface area (Å²) in [5, 5.41) is 18.7. The summed E-state index contributed by atoms with van der Waals surface area (Å²) >= 11 is 4.73. The van der Waals surface area contributed by atoms with Crippen molar-refractivity contribution in [2.75, 3.05) is 10.6 Å². The van der Waals surface area contributed by atoms with Gasteiger partial charge in [-0.2, -0.15) is 10.2 Å². The van der Waals surface area contributed by atoms with Gasteiger partial charge in [0.05, 0.1) is 23.6 Å². The molecule has 0 atom stereocenters. The van der Waals surface area contributed by atoms with Gasteiger partial charge in [-0.1, -0.05) is 11.3 Å². The fraction of sp³-hybridized carbons (Fsp3) is 0.125. The second-order valence-corrected chi connectivity index (χ2v) is 7.30. The fourth-order valence-electron chi connectivity index (χ4n) is 2.44. The smallest absolute Gasteiger partial charge is 0.267 e. The third-order valence-corrected chi connectivity index (χ3v) is 5.31. The Bertz CT molecular complexity index is 1080. The van der Waals surface area contributed by atoms with E-state index in [9.17, 15) is 4.79 Å². The van der Waals surface area contributed by atoms with E-state index in [0.717, 1.165) is 21.9 Å². The molecule has 1 amide bonds. The van der Waals surface area contributed by atoms with Crippen LogP contribution < -0.4 is 10.6 Å². The minimum Gasteiger partial charge on any atom is -0.320 e. The van der Waals surface area contributed by atoms with Crippen molar-refractivity contribution in [2.45, 2.75) is 13.5 Å². The van der Waals surface area contributed by atoms with E-state index in [1.807, 2.05) is 36.0 Å². The lowest BCUT2D eigenvalue weighted by Crippen LogP contribution is -2.10. The Kier molecular flexibility index (Phi) is 4.43. The Hall–Kier alpha value is -2.72. The predicted molar refractivity (Wildman–Crippen MR) is 105 cm³/mol. The Labute approximate surface area is 160 Å². The minimum atomic E-state index is -0.232. The number of aryl methyl sites for hydroxylation is 1. The minimum absolute atomic E-state index is 0.232. The largest absolute Gasteiger partial charge is 0.320 e. The van der Waals surface area contributed by atoms with Gasteiger partial charge in [-0.05, 0) is 35.0 Å². The van der Waals surface area contributed by atoms with Crippen LogP contribution in [0.15, 0.2) is 41.3 Å². The molecule has 0 spiro atoms. The average Bonchev–Trinajstić information content (AvgIpc) is 3.37. The highest BCUT2D eigenvalue weighted by Crippen LogP contribution is 2.31. The molecule has 0 aliphatic rings. The highest BCUT2D eigenvalue weighted by molar-refractivity contribution is 9.10. The number of halogens is 1. The average molecular weight is 432 g/mol. The van der Waals surface area contributed by atoms with Gasteiger partial charge in [-0.15, -0.1) is 0 Å². The monoisotopic (exact) mass is 431 g/mol. The molecule has 0 saturated carbocycles. The SMILES string of the molecule is CCn1ccc(Nc2ncc(C(=O)Nc3c(Br)ccc4[nH]ncc34)s2)n1. The van der Waals surface area contributed by atoms with Gasteiger partial charge in [0.15, 0.2) is 10.9 Å². The number of benzene rings is 1. The molecule has 26 heavy (non-hydrogen) atoms. The number of aromatic nitrogens is 5. The molecular formula is C16H14BrN7OS. The van der Waals surface area contributed by atoms with Crippen molar-refractivity contribution in [3.63, 3.8) is 0 Å². The molecule has 3 aromatic heterocycles. The van der Waals surface area contributed by atoms with Gasteiger partial charge in [-0.3, -0.25) is 14.6 Å². The van der Waals surface area contributed by atoms with E-state index in [-0.39, 0.29) is 5.91 Å². The molecule has 0 radical (unpaired) electrons. The van der Waals surface area contributed by atoms with Gasteiger partial charge in [0, 0.05) is 28.7 Å². The maximum Gasteiger partial charge on any atom is 0.267 e. The number of nitrogens with one attached hydrogen (secondary N) is 3. The lowest BCUT2D eigenvalue weighted by Gasteiger charge is -2.07. The summed E-state index contributed by atoms with van der Waals surface area (Å²) in [5.41, 5.74) is 1.52. The summed E-state index contributed by atoms with van der Waals surface area (Å²) in [6.07, 6.45) is 5.11. The van der Waals surface area contributed by atoms with Crippen molar-refractivity contribution in [3.8, 4) is 0 Å². The first kappa shape index (κ1) is 16.7. The Balaban J connectivity index is 1.52. The molecule has 3 heterocycles. The summed E-state index contributed by atoms with van der Waals surface area (Å²) in [6.45, 7) is 2.81. The number of thiazole rings is 1. The van der Waals surface area contributed by atoms with Gasteiger partial charge in [0.2, 0.25) is 0 Å². The number of H-pyrrole nitrogens is 1. The number of anilines is 3. The first-order valence-electron chi connectivity index (χ1n) is 7.83. The van der Waals surface area contributed by atoms with Crippen LogP contribution in [0.5, 0.6) is 0 Å². The number of fused-ring (bicyclic) bond motifs is 1. The standard InChI is InChI=1S/C16H14BrN7OS/c1-2-24-6-5-13(23-24)20-16-18-8-12(26-16)15(25)21-14-9-7-19-22-11(9)4-3-10(14)17/h3-8H,2H2,1H3,(H,19,22)(H,21,25)(H,18,20,23). The van der Waals surface area contributed by atoms with Gasteiger partial charge < -0.3 is 10.6 Å². The van der Waals surface area contributed by atoms with E-state index in [0.29, 0.717) is 21.5 Å². The second-order valence-electron chi connectivity index (χ2n) is 5.42. The second kappa shape index (κ2) is 6.89. The van der Waals surface area contributed by atoms with E-state index < -0.39 is 0 Å². The molecule has 8 nitrogen and oxygen atoms in total. The molecule has 3 N–H and O–H groups in total. The van der Waals surface area contributed by atoms with E-state index in [1.165, 1.54) is 11.3 Å². The predicted octanol–water partition coefficient (Wildman–Crippen LogP) is 3.99. The number of hydrogen-bond donors (Lipinski definition) is 3. The Morgan fingerprint density at radius 2 is 2.23 bits per heavy atom. The molecule has 4 rings (SSSR count). The zero-order valence-corrected chi connectivity index (χ0v) is 16.1. The van der Waals surface area contributed by atoms with Gasteiger partial charge in [-0.25, -0.2) is 4.98 Å². The summed E-state index contributed by atoms with van der Waals surface area (Å²) < 4.78 is 2.60.